The van der Waals surface area contributed by atoms with Crippen molar-refractivity contribution in [2.45, 2.75) is 12.6 Å². The van der Waals surface area contributed by atoms with Crippen molar-refractivity contribution in [3.63, 3.8) is 0 Å². The van der Waals surface area contributed by atoms with Crippen LogP contribution in [0, 0.1) is 0 Å². The lowest BCUT2D eigenvalue weighted by Crippen LogP contribution is -2.42. The van der Waals surface area contributed by atoms with Gasteiger partial charge in [0.25, 0.3) is 0 Å². The number of aliphatic carboxylic acids is 1. The highest BCUT2D eigenvalue weighted by atomic mass is 35.5. The first-order valence-electron chi connectivity index (χ1n) is 5.12. The number of carboxylic acid groups (broad SMARTS) is 1. The molecule has 6 nitrogen and oxygen atoms in total. The smallest absolute Gasteiger partial charge is 0.407 e. The predicted molar refractivity (Wildman–Crippen MR) is 65.3 cm³/mol. The largest absolute Gasteiger partial charge is 0.480 e. The first kappa shape index (κ1) is 14.3. The average Bonchev–Trinajstić information content (AvgIpc) is 2.35. The standard InChI is InChI=1S/C11H13ClN2O4/c12-8-3-1-7(2-4-8)6-18-11(17)14-5-9(13)10(15)16/h1-4,9H,5-6,13H2,(H,14,17)(H,15,16). The number of alkyl carbamates (subject to hydrolysis) is 1. The zero-order valence-corrected chi connectivity index (χ0v) is 10.2. The molecule has 0 bridgehead atoms. The molecule has 7 heteroatoms. The van der Waals surface area contributed by atoms with Crippen molar-refractivity contribution >= 4 is 23.7 Å². The van der Waals surface area contributed by atoms with Gasteiger partial charge >= 0.3 is 12.1 Å². The van der Waals surface area contributed by atoms with Crippen LogP contribution in [0.3, 0.4) is 0 Å². The molecule has 0 aliphatic carbocycles. The van der Waals surface area contributed by atoms with Gasteiger partial charge in [-0.3, -0.25) is 4.79 Å². The minimum atomic E-state index is -1.19. The highest BCUT2D eigenvalue weighted by Gasteiger charge is 2.12. The van der Waals surface area contributed by atoms with E-state index in [1.165, 1.54) is 0 Å². The van der Waals surface area contributed by atoms with Crippen LogP contribution in [-0.4, -0.2) is 29.8 Å². The summed E-state index contributed by atoms with van der Waals surface area (Å²) in [5.41, 5.74) is 5.98. The Labute approximate surface area is 109 Å². The van der Waals surface area contributed by atoms with E-state index in [1.807, 2.05) is 0 Å². The van der Waals surface area contributed by atoms with Crippen LogP contribution in [0.5, 0.6) is 0 Å². The molecule has 0 aromatic heterocycles. The Morgan fingerprint density at radius 1 is 1.39 bits per heavy atom. The Bertz CT molecular complexity index is 422. The van der Waals surface area contributed by atoms with Gasteiger partial charge in [0.15, 0.2) is 0 Å². The van der Waals surface area contributed by atoms with E-state index in [9.17, 15) is 9.59 Å². The second-order valence-corrected chi connectivity index (χ2v) is 3.96. The van der Waals surface area contributed by atoms with Crippen molar-refractivity contribution in [1.29, 1.82) is 0 Å². The molecule has 18 heavy (non-hydrogen) atoms. The molecule has 0 aliphatic heterocycles. The first-order chi connectivity index (χ1) is 8.49. The fourth-order valence-corrected chi connectivity index (χ4v) is 1.19. The van der Waals surface area contributed by atoms with Crippen molar-refractivity contribution in [2.24, 2.45) is 5.73 Å². The van der Waals surface area contributed by atoms with Crippen molar-refractivity contribution in [2.75, 3.05) is 6.54 Å². The summed E-state index contributed by atoms with van der Waals surface area (Å²) in [6.45, 7) is -0.111. The molecule has 0 aliphatic rings. The minimum Gasteiger partial charge on any atom is -0.480 e. The maximum absolute atomic E-state index is 11.2. The van der Waals surface area contributed by atoms with Crippen LogP contribution < -0.4 is 11.1 Å². The van der Waals surface area contributed by atoms with Gasteiger partial charge in [-0.1, -0.05) is 23.7 Å². The zero-order valence-electron chi connectivity index (χ0n) is 9.43. The normalized spacial score (nSPS) is 11.7. The fraction of sp³-hybridized carbons (Fsp3) is 0.273. The molecule has 4 N–H and O–H groups in total. The summed E-state index contributed by atoms with van der Waals surface area (Å²) in [6.07, 6.45) is -0.721. The number of carbonyl (C=O) groups excluding carboxylic acids is 1. The lowest BCUT2D eigenvalue weighted by molar-refractivity contribution is -0.138. The quantitative estimate of drug-likeness (QED) is 0.741. The van der Waals surface area contributed by atoms with Gasteiger partial charge in [0.1, 0.15) is 12.6 Å². The van der Waals surface area contributed by atoms with Crippen molar-refractivity contribution in [3.8, 4) is 0 Å². The summed E-state index contributed by atoms with van der Waals surface area (Å²) in [6, 6.07) is 5.65. The summed E-state index contributed by atoms with van der Waals surface area (Å²) in [5, 5.41) is 11.3. The predicted octanol–water partition coefficient (Wildman–Crippen LogP) is 0.978. The number of halogens is 1. The Morgan fingerprint density at radius 2 is 2.00 bits per heavy atom. The first-order valence-corrected chi connectivity index (χ1v) is 5.50. The third-order valence-corrected chi connectivity index (χ3v) is 2.32. The molecule has 1 unspecified atom stereocenters. The highest BCUT2D eigenvalue weighted by molar-refractivity contribution is 6.30. The molecular formula is C11H13ClN2O4. The lowest BCUT2D eigenvalue weighted by Gasteiger charge is -2.09. The van der Waals surface area contributed by atoms with E-state index in [2.05, 4.69) is 5.32 Å². The van der Waals surface area contributed by atoms with Crippen LogP contribution in [0.4, 0.5) is 4.79 Å². The molecule has 1 aromatic carbocycles. The van der Waals surface area contributed by atoms with Crippen molar-refractivity contribution in [3.05, 3.63) is 34.9 Å². The van der Waals surface area contributed by atoms with Crippen LogP contribution in [-0.2, 0) is 16.1 Å². The maximum Gasteiger partial charge on any atom is 0.407 e. The van der Waals surface area contributed by atoms with Crippen LogP contribution in [0.15, 0.2) is 24.3 Å². The molecule has 98 valence electrons. The van der Waals surface area contributed by atoms with Gasteiger partial charge in [-0.15, -0.1) is 0 Å². The number of amides is 1. The summed E-state index contributed by atoms with van der Waals surface area (Å²) in [7, 11) is 0. The summed E-state index contributed by atoms with van der Waals surface area (Å²) in [5.74, 6) is -1.19. The molecule has 0 saturated carbocycles. The Balaban J connectivity index is 2.29. The van der Waals surface area contributed by atoms with Crippen molar-refractivity contribution in [1.82, 2.24) is 5.32 Å². The number of ether oxygens (including phenoxy) is 1. The van der Waals surface area contributed by atoms with E-state index in [4.69, 9.17) is 27.2 Å². The van der Waals surface area contributed by atoms with Crippen LogP contribution >= 0.6 is 11.6 Å². The molecule has 1 aromatic rings. The summed E-state index contributed by atoms with van der Waals surface area (Å²) < 4.78 is 4.86. The van der Waals surface area contributed by atoms with Gasteiger partial charge in [-0.2, -0.15) is 0 Å². The zero-order chi connectivity index (χ0) is 13.5. The number of benzene rings is 1. The van der Waals surface area contributed by atoms with Gasteiger partial charge in [0.2, 0.25) is 0 Å². The maximum atomic E-state index is 11.2. The van der Waals surface area contributed by atoms with Crippen molar-refractivity contribution < 1.29 is 19.4 Å². The van der Waals surface area contributed by atoms with E-state index in [0.717, 1.165) is 5.56 Å². The van der Waals surface area contributed by atoms with Crippen LogP contribution in [0.1, 0.15) is 5.56 Å². The summed E-state index contributed by atoms with van der Waals surface area (Å²) >= 11 is 5.70. The molecule has 1 amide bonds. The molecular weight excluding hydrogens is 260 g/mol. The monoisotopic (exact) mass is 272 g/mol. The number of carboxylic acids is 1. The average molecular weight is 273 g/mol. The number of hydrogen-bond acceptors (Lipinski definition) is 4. The SMILES string of the molecule is NC(CNC(=O)OCc1ccc(Cl)cc1)C(=O)O. The Morgan fingerprint density at radius 3 is 2.56 bits per heavy atom. The van der Waals surface area contributed by atoms with Crippen LogP contribution in [0.25, 0.3) is 0 Å². The number of nitrogens with one attached hydrogen (secondary N) is 1. The lowest BCUT2D eigenvalue weighted by atomic mass is 10.2. The van der Waals surface area contributed by atoms with E-state index < -0.39 is 18.1 Å². The number of hydrogen-bond donors (Lipinski definition) is 3. The van der Waals surface area contributed by atoms with Gasteiger partial charge in [-0.05, 0) is 17.7 Å². The molecule has 0 saturated heterocycles. The number of carbonyl (C=O) groups is 2. The molecule has 1 atom stereocenters. The Kier molecular flexibility index (Phi) is 5.41. The van der Waals surface area contributed by atoms with E-state index >= 15 is 0 Å². The molecule has 1 rings (SSSR count). The third kappa shape index (κ3) is 5.03. The summed E-state index contributed by atoms with van der Waals surface area (Å²) in [4.78, 5) is 21.6. The number of rotatable bonds is 5. The van der Waals surface area contributed by atoms with Gasteiger partial charge in [0, 0.05) is 11.6 Å². The molecule has 0 radical (unpaired) electrons. The van der Waals surface area contributed by atoms with Gasteiger partial charge in [-0.25, -0.2) is 4.79 Å². The molecule has 0 spiro atoms. The van der Waals surface area contributed by atoms with E-state index in [-0.39, 0.29) is 13.2 Å². The number of nitrogens with two attached hydrogens (primary N) is 1. The van der Waals surface area contributed by atoms with Gasteiger partial charge < -0.3 is 20.9 Å². The second-order valence-electron chi connectivity index (χ2n) is 3.53. The highest BCUT2D eigenvalue weighted by Crippen LogP contribution is 2.10. The van der Waals surface area contributed by atoms with E-state index in [1.54, 1.807) is 24.3 Å². The molecule has 0 heterocycles. The third-order valence-electron chi connectivity index (χ3n) is 2.07. The van der Waals surface area contributed by atoms with E-state index in [0.29, 0.717) is 5.02 Å². The minimum absolute atomic E-state index is 0.0747. The fourth-order valence-electron chi connectivity index (χ4n) is 1.06. The van der Waals surface area contributed by atoms with Crippen LogP contribution in [0.2, 0.25) is 5.02 Å². The van der Waals surface area contributed by atoms with Gasteiger partial charge in [0.05, 0.1) is 0 Å². The Hall–Kier alpha value is -1.79. The second kappa shape index (κ2) is 6.83. The topological polar surface area (TPSA) is 102 Å². The molecule has 0 fully saturated rings.